The molecule has 17 heavy (non-hydrogen) atoms. The summed E-state index contributed by atoms with van der Waals surface area (Å²) in [5.41, 5.74) is 0.615. The van der Waals surface area contributed by atoms with Gasteiger partial charge in [0.05, 0.1) is 12.2 Å². The second-order valence-corrected chi connectivity index (χ2v) is 3.85. The third kappa shape index (κ3) is 3.77. The van der Waals surface area contributed by atoms with Gasteiger partial charge in [-0.05, 0) is 19.4 Å². The van der Waals surface area contributed by atoms with Gasteiger partial charge in [0.1, 0.15) is 11.9 Å². The highest BCUT2D eigenvalue weighted by molar-refractivity contribution is 5.90. The topological polar surface area (TPSA) is 35.5 Å². The summed E-state index contributed by atoms with van der Waals surface area (Å²) in [4.78, 5) is 11.7. The van der Waals surface area contributed by atoms with Gasteiger partial charge in [-0.2, -0.15) is 0 Å². The first kappa shape index (κ1) is 13.6. The van der Waals surface area contributed by atoms with Crippen molar-refractivity contribution in [3.63, 3.8) is 0 Å². The summed E-state index contributed by atoms with van der Waals surface area (Å²) in [7, 11) is 0. The van der Waals surface area contributed by atoms with Crippen LogP contribution in [0.25, 0.3) is 0 Å². The number of rotatable bonds is 6. The smallest absolute Gasteiger partial charge is 0.337 e. The summed E-state index contributed by atoms with van der Waals surface area (Å²) >= 11 is 0. The van der Waals surface area contributed by atoms with Gasteiger partial charge in [-0.25, -0.2) is 4.79 Å². The van der Waals surface area contributed by atoms with Crippen LogP contribution in [0.15, 0.2) is 36.1 Å². The van der Waals surface area contributed by atoms with Gasteiger partial charge in [-0.1, -0.05) is 32.1 Å². The highest BCUT2D eigenvalue weighted by Gasteiger charge is 2.27. The minimum atomic E-state index is -0.284. The number of carbonyl (C=O) groups is 1. The van der Waals surface area contributed by atoms with Crippen LogP contribution in [-0.4, -0.2) is 18.7 Å². The third-order valence-corrected chi connectivity index (χ3v) is 2.49. The van der Waals surface area contributed by atoms with E-state index in [0.29, 0.717) is 24.4 Å². The molecule has 1 aliphatic rings. The first-order valence-electron chi connectivity index (χ1n) is 6.08. The fraction of sp³-hybridized carbons (Fsp3) is 0.500. The predicted molar refractivity (Wildman–Crippen MR) is 67.4 cm³/mol. The third-order valence-electron chi connectivity index (χ3n) is 2.49. The molecule has 0 saturated heterocycles. The number of allylic oxidation sites excluding steroid dienone is 2. The van der Waals surface area contributed by atoms with Gasteiger partial charge >= 0.3 is 5.97 Å². The van der Waals surface area contributed by atoms with Crippen molar-refractivity contribution < 1.29 is 14.3 Å². The molecule has 0 spiro atoms. The highest BCUT2D eigenvalue weighted by Crippen LogP contribution is 2.27. The zero-order valence-electron chi connectivity index (χ0n) is 10.6. The zero-order valence-corrected chi connectivity index (χ0v) is 10.6. The molecule has 0 fully saturated rings. The Hall–Kier alpha value is -1.51. The number of ether oxygens (including phenoxy) is 2. The molecule has 94 valence electrons. The van der Waals surface area contributed by atoms with Gasteiger partial charge in [-0.3, -0.25) is 0 Å². The lowest BCUT2D eigenvalue weighted by Crippen LogP contribution is -2.08. The van der Waals surface area contributed by atoms with Crippen LogP contribution in [0.4, 0.5) is 0 Å². The molecule has 0 aromatic heterocycles. The van der Waals surface area contributed by atoms with E-state index in [1.165, 1.54) is 0 Å². The SMILES string of the molecule is C=CC1CC(C(=O)OCC)=C(C=CCCC)O1. The Morgan fingerprint density at radius 2 is 2.35 bits per heavy atom. The molecule has 0 bridgehead atoms. The van der Waals surface area contributed by atoms with E-state index in [2.05, 4.69) is 13.5 Å². The van der Waals surface area contributed by atoms with Crippen molar-refractivity contribution in [1.82, 2.24) is 0 Å². The minimum absolute atomic E-state index is 0.115. The van der Waals surface area contributed by atoms with Crippen LogP contribution >= 0.6 is 0 Å². The monoisotopic (exact) mass is 236 g/mol. The van der Waals surface area contributed by atoms with E-state index in [9.17, 15) is 4.79 Å². The van der Waals surface area contributed by atoms with Crippen molar-refractivity contribution in [2.75, 3.05) is 6.61 Å². The molecule has 1 aliphatic heterocycles. The van der Waals surface area contributed by atoms with Crippen molar-refractivity contribution in [1.29, 1.82) is 0 Å². The lowest BCUT2D eigenvalue weighted by Gasteiger charge is -2.04. The molecule has 1 atom stereocenters. The maximum absolute atomic E-state index is 11.7. The van der Waals surface area contributed by atoms with E-state index in [4.69, 9.17) is 9.47 Å². The Balaban J connectivity index is 2.78. The molecule has 0 aromatic carbocycles. The van der Waals surface area contributed by atoms with Gasteiger partial charge in [0.15, 0.2) is 0 Å². The average Bonchev–Trinajstić information content (AvgIpc) is 2.73. The zero-order chi connectivity index (χ0) is 12.7. The molecule has 0 aromatic rings. The molecular formula is C14H20O3. The highest BCUT2D eigenvalue weighted by atomic mass is 16.5. The summed E-state index contributed by atoms with van der Waals surface area (Å²) in [6.07, 6.45) is 8.06. The number of hydrogen-bond acceptors (Lipinski definition) is 3. The summed E-state index contributed by atoms with van der Waals surface area (Å²) < 4.78 is 10.6. The average molecular weight is 236 g/mol. The van der Waals surface area contributed by atoms with E-state index in [0.717, 1.165) is 12.8 Å². The molecule has 0 radical (unpaired) electrons. The summed E-state index contributed by atoms with van der Waals surface area (Å²) in [6.45, 7) is 7.97. The normalized spacial score (nSPS) is 19.5. The van der Waals surface area contributed by atoms with E-state index in [1.54, 1.807) is 13.0 Å². The van der Waals surface area contributed by atoms with Crippen LogP contribution in [0.5, 0.6) is 0 Å². The molecule has 1 rings (SSSR count). The van der Waals surface area contributed by atoms with Crippen molar-refractivity contribution in [3.05, 3.63) is 36.1 Å². The molecule has 0 aliphatic carbocycles. The quantitative estimate of drug-likeness (QED) is 0.525. The largest absolute Gasteiger partial charge is 0.485 e. The van der Waals surface area contributed by atoms with E-state index >= 15 is 0 Å². The number of hydrogen-bond donors (Lipinski definition) is 0. The van der Waals surface area contributed by atoms with Crippen LogP contribution < -0.4 is 0 Å². The van der Waals surface area contributed by atoms with Crippen molar-refractivity contribution in [2.45, 2.75) is 39.2 Å². The van der Waals surface area contributed by atoms with Crippen LogP contribution in [0.1, 0.15) is 33.1 Å². The van der Waals surface area contributed by atoms with Crippen LogP contribution in [0.2, 0.25) is 0 Å². The van der Waals surface area contributed by atoms with Gasteiger partial charge in [0, 0.05) is 6.42 Å². The van der Waals surface area contributed by atoms with Crippen molar-refractivity contribution in [3.8, 4) is 0 Å². The molecule has 0 amide bonds. The summed E-state index contributed by atoms with van der Waals surface area (Å²) in [6, 6.07) is 0. The molecule has 0 N–H and O–H groups in total. The Labute approximate surface area is 103 Å². The molecule has 3 heteroatoms. The van der Waals surface area contributed by atoms with Gasteiger partial charge in [-0.15, -0.1) is 0 Å². The molecule has 1 unspecified atom stereocenters. The second kappa shape index (κ2) is 6.94. The fourth-order valence-corrected chi connectivity index (χ4v) is 1.61. The molecule has 1 heterocycles. The lowest BCUT2D eigenvalue weighted by atomic mass is 10.1. The molecular weight excluding hydrogens is 216 g/mol. The van der Waals surface area contributed by atoms with Crippen LogP contribution in [0.3, 0.4) is 0 Å². The Kier molecular flexibility index (Phi) is 5.53. The van der Waals surface area contributed by atoms with Crippen molar-refractivity contribution in [2.24, 2.45) is 0 Å². The number of esters is 1. The summed E-state index contributed by atoms with van der Waals surface area (Å²) in [5.74, 6) is 0.342. The maximum atomic E-state index is 11.7. The van der Waals surface area contributed by atoms with Crippen molar-refractivity contribution >= 4 is 5.97 Å². The summed E-state index contributed by atoms with van der Waals surface area (Å²) in [5, 5.41) is 0. The molecule has 0 saturated carbocycles. The Bertz CT molecular complexity index is 339. The Morgan fingerprint density at radius 3 is 2.94 bits per heavy atom. The van der Waals surface area contributed by atoms with E-state index in [-0.39, 0.29) is 12.1 Å². The van der Waals surface area contributed by atoms with Gasteiger partial charge < -0.3 is 9.47 Å². The first-order chi connectivity index (χ1) is 8.22. The standard InChI is InChI=1S/C14H20O3/c1-4-7-8-9-13-12(14(15)16-6-3)10-11(5-2)17-13/h5,8-9,11H,2,4,6-7,10H2,1,3H3. The van der Waals surface area contributed by atoms with Crippen LogP contribution in [0, 0.1) is 0 Å². The lowest BCUT2D eigenvalue weighted by molar-refractivity contribution is -0.138. The molecule has 3 nitrogen and oxygen atoms in total. The van der Waals surface area contributed by atoms with Gasteiger partial charge in [0.25, 0.3) is 0 Å². The Morgan fingerprint density at radius 1 is 1.59 bits per heavy atom. The van der Waals surface area contributed by atoms with E-state index in [1.807, 2.05) is 12.2 Å². The van der Waals surface area contributed by atoms with E-state index < -0.39 is 0 Å². The first-order valence-corrected chi connectivity index (χ1v) is 6.08. The predicted octanol–water partition coefficient (Wildman–Crippen LogP) is 3.13. The van der Waals surface area contributed by atoms with Gasteiger partial charge in [0.2, 0.25) is 0 Å². The number of unbranched alkanes of at least 4 members (excludes halogenated alkanes) is 1. The fourth-order valence-electron chi connectivity index (χ4n) is 1.61. The van der Waals surface area contributed by atoms with Crippen LogP contribution in [-0.2, 0) is 14.3 Å². The number of carbonyl (C=O) groups excluding carboxylic acids is 1. The minimum Gasteiger partial charge on any atom is -0.485 e. The maximum Gasteiger partial charge on any atom is 0.337 e. The second-order valence-electron chi connectivity index (χ2n) is 3.85.